The van der Waals surface area contributed by atoms with E-state index in [2.05, 4.69) is 10.1 Å². The first kappa shape index (κ1) is 20.4. The van der Waals surface area contributed by atoms with Gasteiger partial charge in [0.15, 0.2) is 6.10 Å². The standard InChI is InChI=1S/C17H20F2N2O4/c1-10(2)17(4,9-20)21-14(22)11(3)24-15(23)12-6-5-7-13(8-12)25-16(18)19/h5-8,10-11,16H,1-4H3,(H,21,22). The van der Waals surface area contributed by atoms with Crippen LogP contribution < -0.4 is 10.1 Å². The monoisotopic (exact) mass is 354 g/mol. The molecule has 0 saturated carbocycles. The third-order valence-electron chi connectivity index (χ3n) is 3.72. The van der Waals surface area contributed by atoms with Gasteiger partial charge in [-0.25, -0.2) is 4.79 Å². The number of alkyl halides is 2. The number of esters is 1. The van der Waals surface area contributed by atoms with Crippen LogP contribution in [0, 0.1) is 17.2 Å². The van der Waals surface area contributed by atoms with Gasteiger partial charge in [0.1, 0.15) is 11.3 Å². The van der Waals surface area contributed by atoms with Crippen molar-refractivity contribution in [3.8, 4) is 11.8 Å². The van der Waals surface area contributed by atoms with Crippen molar-refractivity contribution in [1.29, 1.82) is 5.26 Å². The third kappa shape index (κ3) is 5.71. The maximum Gasteiger partial charge on any atom is 0.387 e. The van der Waals surface area contributed by atoms with Crippen LogP contribution in [0.15, 0.2) is 24.3 Å². The molecule has 8 heteroatoms. The minimum atomic E-state index is -3.02. The summed E-state index contributed by atoms with van der Waals surface area (Å²) < 4.78 is 33.6. The predicted molar refractivity (Wildman–Crippen MR) is 85.0 cm³/mol. The van der Waals surface area contributed by atoms with Crippen LogP contribution in [-0.4, -0.2) is 30.1 Å². The van der Waals surface area contributed by atoms with Gasteiger partial charge in [-0.3, -0.25) is 4.79 Å². The van der Waals surface area contributed by atoms with E-state index < -0.39 is 30.1 Å². The van der Waals surface area contributed by atoms with Crippen molar-refractivity contribution < 1.29 is 27.8 Å². The number of carbonyl (C=O) groups is 2. The number of nitrogens with zero attached hydrogens (tertiary/aromatic N) is 1. The molecule has 0 radical (unpaired) electrons. The summed E-state index contributed by atoms with van der Waals surface area (Å²) in [5.74, 6) is -1.86. The number of nitriles is 1. The topological polar surface area (TPSA) is 88.4 Å². The zero-order chi connectivity index (χ0) is 19.2. The maximum absolute atomic E-state index is 12.2. The Bertz CT molecular complexity index is 673. The minimum Gasteiger partial charge on any atom is -0.449 e. The smallest absolute Gasteiger partial charge is 0.387 e. The molecule has 0 heterocycles. The highest BCUT2D eigenvalue weighted by Gasteiger charge is 2.32. The summed E-state index contributed by atoms with van der Waals surface area (Å²) in [5, 5.41) is 11.7. The first-order chi connectivity index (χ1) is 11.6. The van der Waals surface area contributed by atoms with E-state index in [1.165, 1.54) is 25.1 Å². The molecule has 1 N–H and O–H groups in total. The van der Waals surface area contributed by atoms with Gasteiger partial charge in [0.2, 0.25) is 0 Å². The van der Waals surface area contributed by atoms with Crippen LogP contribution in [0.25, 0.3) is 0 Å². The predicted octanol–water partition coefficient (Wildman–Crippen LogP) is 2.89. The molecule has 0 aliphatic carbocycles. The molecule has 1 rings (SSSR count). The number of benzene rings is 1. The number of hydrogen-bond donors (Lipinski definition) is 1. The van der Waals surface area contributed by atoms with E-state index in [1.807, 2.05) is 6.07 Å². The van der Waals surface area contributed by atoms with Crippen LogP contribution in [0.4, 0.5) is 8.78 Å². The highest BCUT2D eigenvalue weighted by molar-refractivity contribution is 5.92. The lowest BCUT2D eigenvalue weighted by Gasteiger charge is -2.28. The number of amides is 1. The number of hydrogen-bond acceptors (Lipinski definition) is 5. The Morgan fingerprint density at radius 1 is 1.28 bits per heavy atom. The maximum atomic E-state index is 12.2. The Morgan fingerprint density at radius 3 is 2.44 bits per heavy atom. The number of carbonyl (C=O) groups excluding carboxylic acids is 2. The Balaban J connectivity index is 2.77. The number of nitrogens with one attached hydrogen (secondary N) is 1. The van der Waals surface area contributed by atoms with E-state index in [1.54, 1.807) is 20.8 Å². The van der Waals surface area contributed by atoms with Crippen molar-refractivity contribution in [2.24, 2.45) is 5.92 Å². The summed E-state index contributed by atoms with van der Waals surface area (Å²) in [6, 6.07) is 7.07. The Hall–Kier alpha value is -2.69. The number of rotatable bonds is 7. The number of ether oxygens (including phenoxy) is 2. The third-order valence-corrected chi connectivity index (χ3v) is 3.72. The van der Waals surface area contributed by atoms with Crippen molar-refractivity contribution in [3.63, 3.8) is 0 Å². The Morgan fingerprint density at radius 2 is 1.92 bits per heavy atom. The summed E-state index contributed by atoms with van der Waals surface area (Å²) in [4.78, 5) is 24.2. The summed E-state index contributed by atoms with van der Waals surface area (Å²) in [6.45, 7) is 3.44. The molecule has 0 spiro atoms. The van der Waals surface area contributed by atoms with Gasteiger partial charge in [-0.1, -0.05) is 19.9 Å². The van der Waals surface area contributed by atoms with E-state index in [0.717, 1.165) is 6.07 Å². The van der Waals surface area contributed by atoms with Crippen LogP contribution in [0.3, 0.4) is 0 Å². The molecular weight excluding hydrogens is 334 g/mol. The molecule has 25 heavy (non-hydrogen) atoms. The van der Waals surface area contributed by atoms with E-state index in [-0.39, 0.29) is 17.2 Å². The zero-order valence-corrected chi connectivity index (χ0v) is 14.4. The summed E-state index contributed by atoms with van der Waals surface area (Å²) in [6.07, 6.45) is -1.17. The molecule has 1 amide bonds. The van der Waals surface area contributed by atoms with Gasteiger partial charge < -0.3 is 14.8 Å². The molecule has 0 bridgehead atoms. The molecule has 0 aliphatic rings. The van der Waals surface area contributed by atoms with Gasteiger partial charge in [-0.15, -0.1) is 0 Å². The molecule has 0 aromatic heterocycles. The van der Waals surface area contributed by atoms with E-state index >= 15 is 0 Å². The van der Waals surface area contributed by atoms with Crippen LogP contribution in [0.2, 0.25) is 0 Å². The average molecular weight is 354 g/mol. The second kappa shape index (κ2) is 8.42. The highest BCUT2D eigenvalue weighted by atomic mass is 19.3. The first-order valence-electron chi connectivity index (χ1n) is 7.58. The molecule has 0 aliphatic heterocycles. The normalized spacial score (nSPS) is 14.4. The van der Waals surface area contributed by atoms with Gasteiger partial charge >= 0.3 is 12.6 Å². The van der Waals surface area contributed by atoms with E-state index in [9.17, 15) is 23.6 Å². The van der Waals surface area contributed by atoms with Gasteiger partial charge in [0, 0.05) is 0 Å². The fourth-order valence-corrected chi connectivity index (χ4v) is 1.74. The lowest BCUT2D eigenvalue weighted by Crippen LogP contribution is -2.52. The van der Waals surface area contributed by atoms with Gasteiger partial charge in [0.05, 0.1) is 11.6 Å². The molecule has 2 atom stereocenters. The SMILES string of the molecule is CC(OC(=O)c1cccc(OC(F)F)c1)C(=O)NC(C)(C#N)C(C)C. The lowest BCUT2D eigenvalue weighted by atomic mass is 9.90. The van der Waals surface area contributed by atoms with Gasteiger partial charge in [-0.2, -0.15) is 14.0 Å². The molecule has 1 aromatic rings. The lowest BCUT2D eigenvalue weighted by molar-refractivity contribution is -0.130. The van der Waals surface area contributed by atoms with Crippen molar-refractivity contribution in [3.05, 3.63) is 29.8 Å². The van der Waals surface area contributed by atoms with Crippen LogP contribution >= 0.6 is 0 Å². The van der Waals surface area contributed by atoms with Crippen LogP contribution in [-0.2, 0) is 9.53 Å². The Labute approximate surface area is 144 Å². The summed E-state index contributed by atoms with van der Waals surface area (Å²) in [5.41, 5.74) is -1.15. The van der Waals surface area contributed by atoms with Crippen molar-refractivity contribution >= 4 is 11.9 Å². The van der Waals surface area contributed by atoms with Crippen molar-refractivity contribution in [1.82, 2.24) is 5.32 Å². The van der Waals surface area contributed by atoms with E-state index in [4.69, 9.17) is 4.74 Å². The van der Waals surface area contributed by atoms with Crippen molar-refractivity contribution in [2.75, 3.05) is 0 Å². The number of halogens is 2. The molecule has 1 aromatic carbocycles. The first-order valence-corrected chi connectivity index (χ1v) is 7.58. The minimum absolute atomic E-state index is 0.0373. The van der Waals surface area contributed by atoms with E-state index in [0.29, 0.717) is 0 Å². The summed E-state index contributed by atoms with van der Waals surface area (Å²) >= 11 is 0. The van der Waals surface area contributed by atoms with Gasteiger partial charge in [-0.05, 0) is 38.0 Å². The van der Waals surface area contributed by atoms with Crippen LogP contribution in [0.5, 0.6) is 5.75 Å². The molecule has 0 saturated heterocycles. The van der Waals surface area contributed by atoms with Crippen LogP contribution in [0.1, 0.15) is 38.1 Å². The second-order valence-corrected chi connectivity index (χ2v) is 5.91. The van der Waals surface area contributed by atoms with Gasteiger partial charge in [0.25, 0.3) is 5.91 Å². The summed E-state index contributed by atoms with van der Waals surface area (Å²) in [7, 11) is 0. The molecule has 6 nitrogen and oxygen atoms in total. The fourth-order valence-electron chi connectivity index (χ4n) is 1.74. The Kier molecular flexibility index (Phi) is 6.86. The average Bonchev–Trinajstić information content (AvgIpc) is 2.53. The molecular formula is C17H20F2N2O4. The highest BCUT2D eigenvalue weighted by Crippen LogP contribution is 2.18. The fraction of sp³-hybridized carbons (Fsp3) is 0.471. The van der Waals surface area contributed by atoms with Crippen molar-refractivity contribution in [2.45, 2.75) is 45.9 Å². The second-order valence-electron chi connectivity index (χ2n) is 5.91. The molecule has 0 fully saturated rings. The quantitative estimate of drug-likeness (QED) is 0.761. The molecule has 2 unspecified atom stereocenters. The zero-order valence-electron chi connectivity index (χ0n) is 14.4. The molecule has 136 valence electrons. The largest absolute Gasteiger partial charge is 0.449 e.